The molecule has 108 valence electrons. The van der Waals surface area contributed by atoms with Crippen LogP contribution >= 0.6 is 11.6 Å². The lowest BCUT2D eigenvalue weighted by molar-refractivity contribution is 0.294. The minimum absolute atomic E-state index is 0.390. The Labute approximate surface area is 126 Å². The lowest BCUT2D eigenvalue weighted by atomic mass is 10.2. The average molecular weight is 304 g/mol. The maximum atomic E-state index is 11.8. The van der Waals surface area contributed by atoms with Crippen molar-refractivity contribution in [2.24, 2.45) is 0 Å². The van der Waals surface area contributed by atoms with Crippen LogP contribution in [0.15, 0.2) is 51.7 Å². The zero-order chi connectivity index (χ0) is 14.8. The number of benzene rings is 2. The Kier molecular flexibility index (Phi) is 3.71. The third-order valence-electron chi connectivity index (χ3n) is 3.20. The largest absolute Gasteiger partial charge is 0.492 e. The first-order valence-electron chi connectivity index (χ1n) is 6.62. The molecule has 1 aromatic heterocycles. The molecule has 0 spiro atoms. The highest BCUT2D eigenvalue weighted by Gasteiger charge is 2.09. The van der Waals surface area contributed by atoms with Crippen molar-refractivity contribution in [2.45, 2.75) is 13.5 Å². The van der Waals surface area contributed by atoms with Crippen LogP contribution in [0.2, 0.25) is 5.02 Å². The summed E-state index contributed by atoms with van der Waals surface area (Å²) in [5.74, 6) is 0.388. The highest BCUT2D eigenvalue weighted by Crippen LogP contribution is 2.18. The lowest BCUT2D eigenvalue weighted by Crippen LogP contribution is -2.18. The summed E-state index contributed by atoms with van der Waals surface area (Å²) in [5, 5.41) is 0.541. The van der Waals surface area contributed by atoms with Gasteiger partial charge in [-0.05, 0) is 36.8 Å². The van der Waals surface area contributed by atoms with Crippen LogP contribution in [0.25, 0.3) is 11.1 Å². The second-order valence-electron chi connectivity index (χ2n) is 4.80. The van der Waals surface area contributed by atoms with Gasteiger partial charge in [0.15, 0.2) is 5.58 Å². The molecule has 21 heavy (non-hydrogen) atoms. The van der Waals surface area contributed by atoms with E-state index in [1.807, 2.05) is 31.2 Å². The predicted molar refractivity (Wildman–Crippen MR) is 82.2 cm³/mol. The smallest absolute Gasteiger partial charge is 0.420 e. The minimum Gasteiger partial charge on any atom is -0.492 e. The molecule has 0 N–H and O–H groups in total. The standard InChI is InChI=1S/C16H14ClNO3/c1-11-3-2-4-13(9-11)20-8-7-18-14-6-5-12(17)10-15(14)21-16(18)19/h2-6,9-10H,7-8H2,1H3. The zero-order valence-electron chi connectivity index (χ0n) is 11.5. The molecule has 0 atom stereocenters. The molecule has 3 rings (SSSR count). The molecule has 5 heteroatoms. The summed E-state index contributed by atoms with van der Waals surface area (Å²) in [6.07, 6.45) is 0. The summed E-state index contributed by atoms with van der Waals surface area (Å²) in [6.45, 7) is 2.81. The Morgan fingerprint density at radius 3 is 2.90 bits per heavy atom. The molecule has 3 aromatic rings. The molecule has 0 saturated carbocycles. The normalized spacial score (nSPS) is 11.0. The van der Waals surface area contributed by atoms with Crippen molar-refractivity contribution >= 4 is 22.7 Å². The van der Waals surface area contributed by atoms with Gasteiger partial charge in [0.1, 0.15) is 12.4 Å². The minimum atomic E-state index is -0.403. The van der Waals surface area contributed by atoms with E-state index in [9.17, 15) is 4.79 Å². The van der Waals surface area contributed by atoms with Crippen molar-refractivity contribution in [1.29, 1.82) is 0 Å². The van der Waals surface area contributed by atoms with Gasteiger partial charge in [-0.2, -0.15) is 0 Å². The molecule has 0 fully saturated rings. The van der Waals surface area contributed by atoms with Crippen LogP contribution in [-0.2, 0) is 6.54 Å². The van der Waals surface area contributed by atoms with Crippen molar-refractivity contribution in [3.63, 3.8) is 0 Å². The van der Waals surface area contributed by atoms with Crippen LogP contribution in [0.3, 0.4) is 0 Å². The molecule has 2 aromatic carbocycles. The van der Waals surface area contributed by atoms with E-state index >= 15 is 0 Å². The fourth-order valence-electron chi connectivity index (χ4n) is 2.21. The molecule has 0 unspecified atom stereocenters. The number of aromatic nitrogens is 1. The van der Waals surface area contributed by atoms with E-state index in [1.54, 1.807) is 22.8 Å². The Bertz CT molecular complexity index is 835. The molecule has 0 saturated heterocycles. The fourth-order valence-corrected chi connectivity index (χ4v) is 2.37. The van der Waals surface area contributed by atoms with Crippen molar-refractivity contribution in [2.75, 3.05) is 6.61 Å². The molecule has 0 aliphatic carbocycles. The first kappa shape index (κ1) is 13.8. The van der Waals surface area contributed by atoms with Crippen LogP contribution in [0, 0.1) is 6.92 Å². The molecule has 0 aliphatic rings. The second kappa shape index (κ2) is 5.66. The van der Waals surface area contributed by atoms with Gasteiger partial charge in [0.2, 0.25) is 0 Å². The maximum absolute atomic E-state index is 11.8. The van der Waals surface area contributed by atoms with E-state index in [0.29, 0.717) is 23.8 Å². The van der Waals surface area contributed by atoms with Crippen molar-refractivity contribution < 1.29 is 9.15 Å². The van der Waals surface area contributed by atoms with E-state index in [-0.39, 0.29) is 0 Å². The highest BCUT2D eigenvalue weighted by molar-refractivity contribution is 6.31. The number of halogens is 1. The number of rotatable bonds is 4. The monoisotopic (exact) mass is 303 g/mol. The van der Waals surface area contributed by atoms with Gasteiger partial charge < -0.3 is 9.15 Å². The second-order valence-corrected chi connectivity index (χ2v) is 5.23. The predicted octanol–water partition coefficient (Wildman–Crippen LogP) is 3.64. The first-order valence-corrected chi connectivity index (χ1v) is 6.99. The quantitative estimate of drug-likeness (QED) is 0.739. The van der Waals surface area contributed by atoms with Crippen LogP contribution in [0.5, 0.6) is 5.75 Å². The Morgan fingerprint density at radius 2 is 2.10 bits per heavy atom. The van der Waals surface area contributed by atoms with Gasteiger partial charge in [0.25, 0.3) is 0 Å². The van der Waals surface area contributed by atoms with Crippen LogP contribution < -0.4 is 10.5 Å². The number of aryl methyl sites for hydroxylation is 1. The van der Waals surface area contributed by atoms with Gasteiger partial charge in [-0.3, -0.25) is 4.57 Å². The number of nitrogens with zero attached hydrogens (tertiary/aromatic N) is 1. The summed E-state index contributed by atoms with van der Waals surface area (Å²) >= 11 is 5.88. The fraction of sp³-hybridized carbons (Fsp3) is 0.188. The summed E-state index contributed by atoms with van der Waals surface area (Å²) in [4.78, 5) is 11.8. The summed E-state index contributed by atoms with van der Waals surface area (Å²) in [6, 6.07) is 12.9. The third kappa shape index (κ3) is 2.95. The van der Waals surface area contributed by atoms with E-state index in [4.69, 9.17) is 20.8 Å². The van der Waals surface area contributed by atoms with Gasteiger partial charge in [0.05, 0.1) is 12.1 Å². The van der Waals surface area contributed by atoms with Gasteiger partial charge in [-0.15, -0.1) is 0 Å². The van der Waals surface area contributed by atoms with E-state index in [1.165, 1.54) is 0 Å². The number of hydrogen-bond acceptors (Lipinski definition) is 3. The van der Waals surface area contributed by atoms with Crippen molar-refractivity contribution in [3.05, 3.63) is 63.6 Å². The van der Waals surface area contributed by atoms with Crippen molar-refractivity contribution in [3.8, 4) is 5.75 Å². The number of oxazole rings is 1. The molecule has 1 heterocycles. The highest BCUT2D eigenvalue weighted by atomic mass is 35.5. The Morgan fingerprint density at radius 1 is 1.24 bits per heavy atom. The van der Waals surface area contributed by atoms with Gasteiger partial charge in [-0.25, -0.2) is 4.79 Å². The molecule has 0 amide bonds. The summed E-state index contributed by atoms with van der Waals surface area (Å²) < 4.78 is 12.4. The molecule has 4 nitrogen and oxygen atoms in total. The number of ether oxygens (including phenoxy) is 1. The molecule has 0 bridgehead atoms. The van der Waals surface area contributed by atoms with E-state index in [2.05, 4.69) is 0 Å². The zero-order valence-corrected chi connectivity index (χ0v) is 12.3. The third-order valence-corrected chi connectivity index (χ3v) is 3.44. The van der Waals surface area contributed by atoms with Crippen LogP contribution in [0.1, 0.15) is 5.56 Å². The Balaban J connectivity index is 1.76. The maximum Gasteiger partial charge on any atom is 0.420 e. The molecular formula is C16H14ClNO3. The number of hydrogen-bond donors (Lipinski definition) is 0. The molecule has 0 aliphatic heterocycles. The topological polar surface area (TPSA) is 44.4 Å². The van der Waals surface area contributed by atoms with E-state index in [0.717, 1.165) is 16.8 Å². The Hall–Kier alpha value is -2.20. The lowest BCUT2D eigenvalue weighted by Gasteiger charge is -2.07. The van der Waals surface area contributed by atoms with Crippen molar-refractivity contribution in [1.82, 2.24) is 4.57 Å². The average Bonchev–Trinajstić information content (AvgIpc) is 2.74. The summed E-state index contributed by atoms with van der Waals surface area (Å²) in [5.41, 5.74) is 2.34. The van der Waals surface area contributed by atoms with Crippen LogP contribution in [-0.4, -0.2) is 11.2 Å². The van der Waals surface area contributed by atoms with Gasteiger partial charge in [-0.1, -0.05) is 23.7 Å². The van der Waals surface area contributed by atoms with E-state index < -0.39 is 5.76 Å². The summed E-state index contributed by atoms with van der Waals surface area (Å²) in [7, 11) is 0. The van der Waals surface area contributed by atoms with Gasteiger partial charge in [0, 0.05) is 11.1 Å². The van der Waals surface area contributed by atoms with Gasteiger partial charge >= 0.3 is 5.76 Å². The number of fused-ring (bicyclic) bond motifs is 1. The SMILES string of the molecule is Cc1cccc(OCCn2c(=O)oc3cc(Cl)ccc32)c1. The molecular weight excluding hydrogens is 290 g/mol. The molecule has 0 radical (unpaired) electrons. The first-order chi connectivity index (χ1) is 10.1. The van der Waals surface area contributed by atoms with Crippen LogP contribution in [0.4, 0.5) is 0 Å².